The minimum atomic E-state index is 0.713. The van der Waals surface area contributed by atoms with Gasteiger partial charge in [0.2, 0.25) is 0 Å². The minimum Gasteiger partial charge on any atom is -0.351 e. The van der Waals surface area contributed by atoms with Crippen molar-refractivity contribution in [2.24, 2.45) is 18.0 Å². The van der Waals surface area contributed by atoms with Crippen molar-refractivity contribution in [3.63, 3.8) is 0 Å². The molecule has 128 valence electrons. The maximum atomic E-state index is 4.45. The molecule has 0 bridgehead atoms. The molecule has 24 heavy (non-hydrogen) atoms. The summed E-state index contributed by atoms with van der Waals surface area (Å²) >= 11 is 1.95. The van der Waals surface area contributed by atoms with Crippen LogP contribution in [0.2, 0.25) is 0 Å². The molecule has 0 aliphatic carbocycles. The summed E-state index contributed by atoms with van der Waals surface area (Å²) in [4.78, 5) is 8.17. The number of aliphatic imine (C=N–C) groups is 1. The molecule has 1 unspecified atom stereocenters. The predicted molar refractivity (Wildman–Crippen MR) is 100 cm³/mol. The van der Waals surface area contributed by atoms with E-state index in [-0.39, 0.29) is 0 Å². The Morgan fingerprint density at radius 2 is 2.17 bits per heavy atom. The van der Waals surface area contributed by atoms with Gasteiger partial charge >= 0.3 is 0 Å². The van der Waals surface area contributed by atoms with Crippen LogP contribution in [0.3, 0.4) is 0 Å². The molecule has 5 nitrogen and oxygen atoms in total. The molecule has 1 atom stereocenters. The van der Waals surface area contributed by atoms with E-state index in [2.05, 4.69) is 50.6 Å². The lowest BCUT2D eigenvalue weighted by Crippen LogP contribution is -2.40. The zero-order valence-corrected chi connectivity index (χ0v) is 15.2. The maximum absolute atomic E-state index is 4.45. The molecule has 1 saturated heterocycles. The van der Waals surface area contributed by atoms with Gasteiger partial charge in [-0.15, -0.1) is 11.8 Å². The molecule has 0 saturated carbocycles. The molecule has 2 aromatic rings. The Kier molecular flexibility index (Phi) is 5.80. The SMILES string of the molecule is CN=C(NCc1ccnn1C)N1CCC(CSc2ccccc2)C1. The number of nitrogens with one attached hydrogen (secondary N) is 1. The molecule has 1 aromatic carbocycles. The van der Waals surface area contributed by atoms with Crippen molar-refractivity contribution in [3.05, 3.63) is 48.3 Å². The van der Waals surface area contributed by atoms with Crippen LogP contribution in [0.1, 0.15) is 12.1 Å². The van der Waals surface area contributed by atoms with E-state index < -0.39 is 0 Å². The van der Waals surface area contributed by atoms with Crippen LogP contribution in [0.4, 0.5) is 0 Å². The molecular formula is C18H25N5S. The topological polar surface area (TPSA) is 45.5 Å². The van der Waals surface area contributed by atoms with Gasteiger partial charge in [0.1, 0.15) is 0 Å². The highest BCUT2D eigenvalue weighted by molar-refractivity contribution is 7.99. The molecule has 1 aromatic heterocycles. The average molecular weight is 344 g/mol. The van der Waals surface area contributed by atoms with Crippen LogP contribution in [0.15, 0.2) is 52.5 Å². The second-order valence-electron chi connectivity index (χ2n) is 6.07. The summed E-state index contributed by atoms with van der Waals surface area (Å²) in [6.07, 6.45) is 3.05. The van der Waals surface area contributed by atoms with Crippen molar-refractivity contribution in [1.29, 1.82) is 0 Å². The van der Waals surface area contributed by atoms with Crippen molar-refractivity contribution < 1.29 is 0 Å². The summed E-state index contributed by atoms with van der Waals surface area (Å²) in [5, 5.41) is 7.66. The number of thioether (sulfide) groups is 1. The lowest BCUT2D eigenvalue weighted by Gasteiger charge is -2.21. The number of aryl methyl sites for hydroxylation is 1. The molecule has 1 N–H and O–H groups in total. The van der Waals surface area contributed by atoms with Gasteiger partial charge < -0.3 is 10.2 Å². The third-order valence-electron chi connectivity index (χ3n) is 4.38. The smallest absolute Gasteiger partial charge is 0.193 e. The lowest BCUT2D eigenvalue weighted by atomic mass is 10.2. The van der Waals surface area contributed by atoms with E-state index in [4.69, 9.17) is 0 Å². The first-order valence-corrected chi connectivity index (χ1v) is 9.35. The average Bonchev–Trinajstić information content (AvgIpc) is 3.24. The quantitative estimate of drug-likeness (QED) is 0.515. The van der Waals surface area contributed by atoms with Gasteiger partial charge in [-0.2, -0.15) is 5.10 Å². The Labute approximate surface area is 148 Å². The van der Waals surface area contributed by atoms with Gasteiger partial charge in [0, 0.05) is 44.0 Å². The van der Waals surface area contributed by atoms with Crippen LogP contribution in [0.5, 0.6) is 0 Å². The maximum Gasteiger partial charge on any atom is 0.193 e. The summed E-state index contributed by atoms with van der Waals surface area (Å²) in [5.74, 6) is 2.87. The zero-order chi connectivity index (χ0) is 16.8. The number of aromatic nitrogens is 2. The largest absolute Gasteiger partial charge is 0.351 e. The van der Waals surface area contributed by atoms with Crippen LogP contribution >= 0.6 is 11.8 Å². The van der Waals surface area contributed by atoms with Gasteiger partial charge in [0.05, 0.1) is 12.2 Å². The van der Waals surface area contributed by atoms with E-state index in [1.165, 1.54) is 17.1 Å². The van der Waals surface area contributed by atoms with Gasteiger partial charge in [-0.05, 0) is 30.5 Å². The molecule has 3 rings (SSSR count). The summed E-state index contributed by atoms with van der Waals surface area (Å²) in [7, 11) is 3.82. The van der Waals surface area contributed by atoms with Crippen LogP contribution in [-0.2, 0) is 13.6 Å². The number of hydrogen-bond donors (Lipinski definition) is 1. The van der Waals surface area contributed by atoms with Crippen molar-refractivity contribution in [3.8, 4) is 0 Å². The number of rotatable bonds is 5. The van der Waals surface area contributed by atoms with E-state index in [1.54, 1.807) is 0 Å². The lowest BCUT2D eigenvalue weighted by molar-refractivity contribution is 0.472. The molecule has 1 fully saturated rings. The third-order valence-corrected chi connectivity index (χ3v) is 5.62. The number of hydrogen-bond acceptors (Lipinski definition) is 3. The number of benzene rings is 1. The summed E-state index contributed by atoms with van der Waals surface area (Å²) in [6.45, 7) is 2.90. The number of nitrogens with zero attached hydrogens (tertiary/aromatic N) is 4. The van der Waals surface area contributed by atoms with E-state index in [0.717, 1.165) is 31.3 Å². The Bertz CT molecular complexity index is 667. The Balaban J connectivity index is 1.47. The Morgan fingerprint density at radius 1 is 1.33 bits per heavy atom. The minimum absolute atomic E-state index is 0.713. The normalized spacial score (nSPS) is 18.2. The third kappa shape index (κ3) is 4.32. The highest BCUT2D eigenvalue weighted by atomic mass is 32.2. The molecule has 6 heteroatoms. The number of likely N-dealkylation sites (tertiary alicyclic amines) is 1. The number of guanidine groups is 1. The second kappa shape index (κ2) is 8.24. The van der Waals surface area contributed by atoms with Gasteiger partial charge in [-0.1, -0.05) is 18.2 Å². The molecule has 1 aliphatic rings. The first-order valence-electron chi connectivity index (χ1n) is 8.36. The summed E-state index contributed by atoms with van der Waals surface area (Å²) < 4.78 is 1.89. The molecule has 1 aliphatic heterocycles. The fourth-order valence-corrected chi connectivity index (χ4v) is 4.02. The van der Waals surface area contributed by atoms with Crippen LogP contribution in [-0.4, -0.2) is 46.5 Å². The molecule has 0 amide bonds. The van der Waals surface area contributed by atoms with E-state index in [9.17, 15) is 0 Å². The zero-order valence-electron chi connectivity index (χ0n) is 14.4. The van der Waals surface area contributed by atoms with Gasteiger partial charge in [0.15, 0.2) is 5.96 Å². The first-order chi connectivity index (χ1) is 11.8. The van der Waals surface area contributed by atoms with Crippen LogP contribution in [0, 0.1) is 5.92 Å². The van der Waals surface area contributed by atoms with Crippen LogP contribution < -0.4 is 5.32 Å². The van der Waals surface area contributed by atoms with Gasteiger partial charge in [-0.3, -0.25) is 9.67 Å². The predicted octanol–water partition coefficient (Wildman–Crippen LogP) is 2.61. The van der Waals surface area contributed by atoms with Gasteiger partial charge in [-0.25, -0.2) is 0 Å². The highest BCUT2D eigenvalue weighted by Crippen LogP contribution is 2.25. The molecule has 0 radical (unpaired) electrons. The fraction of sp³-hybridized carbons (Fsp3) is 0.444. The van der Waals surface area contributed by atoms with E-state index >= 15 is 0 Å². The molecule has 0 spiro atoms. The van der Waals surface area contributed by atoms with Crippen molar-refractivity contribution in [2.75, 3.05) is 25.9 Å². The Hall–Kier alpha value is -1.95. The standard InChI is InChI=1S/C18H25N5S/c1-19-18(20-12-16-8-10-21-22(16)2)23-11-9-15(13-23)14-24-17-6-4-3-5-7-17/h3-8,10,15H,9,11-14H2,1-2H3,(H,19,20). The highest BCUT2D eigenvalue weighted by Gasteiger charge is 2.24. The van der Waals surface area contributed by atoms with E-state index in [1.807, 2.05) is 42.8 Å². The van der Waals surface area contributed by atoms with E-state index in [0.29, 0.717) is 5.92 Å². The summed E-state index contributed by atoms with van der Waals surface area (Å²) in [5.41, 5.74) is 1.16. The van der Waals surface area contributed by atoms with Crippen molar-refractivity contribution in [2.45, 2.75) is 17.9 Å². The second-order valence-corrected chi connectivity index (χ2v) is 7.17. The van der Waals surface area contributed by atoms with Gasteiger partial charge in [0.25, 0.3) is 0 Å². The molecular weight excluding hydrogens is 318 g/mol. The molecule has 2 heterocycles. The van der Waals surface area contributed by atoms with Crippen LogP contribution in [0.25, 0.3) is 0 Å². The monoisotopic (exact) mass is 343 g/mol. The van der Waals surface area contributed by atoms with Crippen molar-refractivity contribution >= 4 is 17.7 Å². The Morgan fingerprint density at radius 3 is 2.88 bits per heavy atom. The van der Waals surface area contributed by atoms with Crippen molar-refractivity contribution in [1.82, 2.24) is 20.0 Å². The summed E-state index contributed by atoms with van der Waals surface area (Å²) in [6, 6.07) is 12.7. The first kappa shape index (κ1) is 16.9. The fourth-order valence-electron chi connectivity index (χ4n) is 2.97.